The molecule has 1 aliphatic heterocycles. The monoisotopic (exact) mass is 351 g/mol. The summed E-state index contributed by atoms with van der Waals surface area (Å²) in [6.07, 6.45) is 3.69. The quantitative estimate of drug-likeness (QED) is 0.920. The topological polar surface area (TPSA) is 49.8 Å². The molecule has 0 aromatic heterocycles. The van der Waals surface area contributed by atoms with Gasteiger partial charge in [-0.1, -0.05) is 18.2 Å². The van der Waals surface area contributed by atoms with E-state index in [2.05, 4.69) is 12.1 Å². The number of carbonyl (C=O) groups excluding carboxylic acids is 1. The normalized spacial score (nSPS) is 22.1. The molecule has 2 aromatic rings. The molecule has 1 heterocycles. The first-order chi connectivity index (χ1) is 12.6. The van der Waals surface area contributed by atoms with E-state index in [0.29, 0.717) is 11.8 Å². The van der Waals surface area contributed by atoms with Gasteiger partial charge in [0.05, 0.1) is 7.11 Å². The van der Waals surface area contributed by atoms with Crippen LogP contribution in [0, 0.1) is 5.92 Å². The highest BCUT2D eigenvalue weighted by atomic mass is 16.5. The van der Waals surface area contributed by atoms with E-state index in [1.165, 1.54) is 16.7 Å². The van der Waals surface area contributed by atoms with Crippen molar-refractivity contribution in [3.63, 3.8) is 0 Å². The number of phenols is 1. The Balaban J connectivity index is 1.41. The van der Waals surface area contributed by atoms with Crippen molar-refractivity contribution in [2.24, 2.45) is 5.92 Å². The van der Waals surface area contributed by atoms with E-state index in [0.717, 1.165) is 44.5 Å². The molecule has 26 heavy (non-hydrogen) atoms. The molecule has 136 valence electrons. The maximum Gasteiger partial charge on any atom is 0.226 e. The minimum Gasteiger partial charge on any atom is -0.508 e. The number of hydrogen-bond donors (Lipinski definition) is 1. The number of aromatic hydroxyl groups is 1. The van der Waals surface area contributed by atoms with E-state index in [4.69, 9.17) is 4.74 Å². The number of nitrogens with zero attached hydrogens (tertiary/aromatic N) is 1. The van der Waals surface area contributed by atoms with Crippen LogP contribution >= 0.6 is 0 Å². The van der Waals surface area contributed by atoms with E-state index in [-0.39, 0.29) is 11.7 Å². The molecule has 2 unspecified atom stereocenters. The minimum atomic E-state index is 0.0921. The van der Waals surface area contributed by atoms with E-state index < -0.39 is 0 Å². The second-order valence-electron chi connectivity index (χ2n) is 7.44. The van der Waals surface area contributed by atoms with E-state index in [1.54, 1.807) is 19.2 Å². The van der Waals surface area contributed by atoms with Gasteiger partial charge in [-0.15, -0.1) is 0 Å². The van der Waals surface area contributed by atoms with Gasteiger partial charge in [-0.25, -0.2) is 0 Å². The Morgan fingerprint density at radius 1 is 1.12 bits per heavy atom. The van der Waals surface area contributed by atoms with Crippen molar-refractivity contribution in [2.75, 3.05) is 20.2 Å². The lowest BCUT2D eigenvalue weighted by Gasteiger charge is -2.28. The predicted molar refractivity (Wildman–Crippen MR) is 101 cm³/mol. The number of aryl methyl sites for hydroxylation is 1. The molecule has 0 radical (unpaired) electrons. The highest BCUT2D eigenvalue weighted by Gasteiger charge is 2.33. The van der Waals surface area contributed by atoms with Crippen molar-refractivity contribution in [3.05, 3.63) is 59.2 Å². The predicted octanol–water partition coefficient (Wildman–Crippen LogP) is 3.52. The zero-order chi connectivity index (χ0) is 18.1. The summed E-state index contributed by atoms with van der Waals surface area (Å²) in [5.41, 5.74) is 3.81. The molecule has 4 heteroatoms. The fourth-order valence-corrected chi connectivity index (χ4v) is 4.31. The van der Waals surface area contributed by atoms with Crippen LogP contribution in [0.15, 0.2) is 42.5 Å². The van der Waals surface area contributed by atoms with Crippen molar-refractivity contribution in [3.8, 4) is 11.5 Å². The molecule has 4 nitrogen and oxygen atoms in total. The lowest BCUT2D eigenvalue weighted by atomic mass is 9.83. The first-order valence-electron chi connectivity index (χ1n) is 9.37. The average Bonchev–Trinajstić information content (AvgIpc) is 3.17. The highest BCUT2D eigenvalue weighted by Crippen LogP contribution is 2.33. The van der Waals surface area contributed by atoms with Crippen LogP contribution in [0.2, 0.25) is 0 Å². The summed E-state index contributed by atoms with van der Waals surface area (Å²) < 4.78 is 5.31. The fourth-order valence-electron chi connectivity index (χ4n) is 4.31. The van der Waals surface area contributed by atoms with Gasteiger partial charge in [0.1, 0.15) is 11.5 Å². The van der Waals surface area contributed by atoms with Crippen molar-refractivity contribution >= 4 is 5.91 Å². The van der Waals surface area contributed by atoms with Gasteiger partial charge in [-0.3, -0.25) is 4.79 Å². The number of benzene rings is 2. The van der Waals surface area contributed by atoms with Crippen molar-refractivity contribution in [1.82, 2.24) is 4.90 Å². The van der Waals surface area contributed by atoms with E-state index >= 15 is 0 Å². The van der Waals surface area contributed by atoms with Crippen molar-refractivity contribution in [2.45, 2.75) is 31.6 Å². The zero-order valence-corrected chi connectivity index (χ0v) is 15.1. The number of hydrogen-bond acceptors (Lipinski definition) is 3. The molecule has 2 aromatic carbocycles. The number of methoxy groups -OCH3 is 1. The molecule has 1 aliphatic carbocycles. The molecule has 1 saturated heterocycles. The summed E-state index contributed by atoms with van der Waals surface area (Å²) >= 11 is 0. The van der Waals surface area contributed by atoms with Crippen molar-refractivity contribution in [1.29, 1.82) is 0 Å². The van der Waals surface area contributed by atoms with Gasteiger partial charge < -0.3 is 14.7 Å². The van der Waals surface area contributed by atoms with Crippen LogP contribution in [0.3, 0.4) is 0 Å². The Bertz CT molecular complexity index is 800. The molecular weight excluding hydrogens is 326 g/mol. The third kappa shape index (κ3) is 3.28. The second-order valence-corrected chi connectivity index (χ2v) is 7.44. The smallest absolute Gasteiger partial charge is 0.226 e. The third-order valence-corrected chi connectivity index (χ3v) is 5.86. The summed E-state index contributed by atoms with van der Waals surface area (Å²) in [6.45, 7) is 1.62. The first-order valence-corrected chi connectivity index (χ1v) is 9.37. The Kier molecular flexibility index (Phi) is 4.58. The number of ether oxygens (including phenoxy) is 1. The zero-order valence-electron chi connectivity index (χ0n) is 15.1. The lowest BCUT2D eigenvalue weighted by Crippen LogP contribution is -2.36. The van der Waals surface area contributed by atoms with Gasteiger partial charge in [0, 0.05) is 24.9 Å². The van der Waals surface area contributed by atoms with Crippen LogP contribution in [0.5, 0.6) is 11.5 Å². The maximum atomic E-state index is 13.0. The van der Waals surface area contributed by atoms with E-state index in [9.17, 15) is 9.90 Å². The number of likely N-dealkylation sites (tertiary alicyclic amines) is 1. The van der Waals surface area contributed by atoms with Crippen LogP contribution in [0.25, 0.3) is 0 Å². The minimum absolute atomic E-state index is 0.0921. The molecule has 4 rings (SSSR count). The Morgan fingerprint density at radius 3 is 2.69 bits per heavy atom. The van der Waals surface area contributed by atoms with Crippen molar-refractivity contribution < 1.29 is 14.6 Å². The molecule has 0 spiro atoms. The van der Waals surface area contributed by atoms with Gasteiger partial charge in [0.25, 0.3) is 0 Å². The van der Waals surface area contributed by atoms with Crippen LogP contribution in [0.4, 0.5) is 0 Å². The Labute approximate surface area is 154 Å². The Hall–Kier alpha value is -2.49. The van der Waals surface area contributed by atoms with Crippen LogP contribution in [-0.2, 0) is 17.6 Å². The number of carbonyl (C=O) groups is 1. The summed E-state index contributed by atoms with van der Waals surface area (Å²) in [4.78, 5) is 15.1. The molecular formula is C22H25NO3. The van der Waals surface area contributed by atoms with Crippen LogP contribution < -0.4 is 4.74 Å². The lowest BCUT2D eigenvalue weighted by molar-refractivity contribution is -0.134. The summed E-state index contributed by atoms with van der Waals surface area (Å²) in [6, 6.07) is 13.6. The number of fused-ring (bicyclic) bond motifs is 1. The maximum absolute atomic E-state index is 13.0. The first kappa shape index (κ1) is 17.0. The summed E-state index contributed by atoms with van der Waals surface area (Å²) in [5.74, 6) is 1.95. The van der Waals surface area contributed by atoms with Gasteiger partial charge in [0.2, 0.25) is 5.91 Å². The molecule has 0 bridgehead atoms. The number of phenolic OH excluding ortho intramolecular Hbond substituents is 1. The largest absolute Gasteiger partial charge is 0.508 e. The van der Waals surface area contributed by atoms with Gasteiger partial charge in [0.15, 0.2) is 0 Å². The highest BCUT2D eigenvalue weighted by molar-refractivity contribution is 5.80. The SMILES string of the molecule is COc1ccc2c(c1)CCC(C(=O)N1CCC(c3ccc(O)cc3)C1)C2. The number of amides is 1. The number of rotatable bonds is 3. The average molecular weight is 351 g/mol. The molecule has 2 aliphatic rings. The van der Waals surface area contributed by atoms with Gasteiger partial charge in [-0.2, -0.15) is 0 Å². The molecule has 2 atom stereocenters. The van der Waals surface area contributed by atoms with Gasteiger partial charge in [-0.05, 0) is 66.6 Å². The van der Waals surface area contributed by atoms with E-state index in [1.807, 2.05) is 23.1 Å². The molecule has 1 N–H and O–H groups in total. The standard InChI is InChI=1S/C22H25NO3/c1-26-21-9-6-16-12-18(3-2-17(16)13-21)22(25)23-11-10-19(14-23)15-4-7-20(24)8-5-15/h4-9,13,18-19,24H,2-3,10-12,14H2,1H3. The molecule has 0 saturated carbocycles. The Morgan fingerprint density at radius 2 is 1.92 bits per heavy atom. The third-order valence-electron chi connectivity index (χ3n) is 5.86. The van der Waals surface area contributed by atoms with Crippen LogP contribution in [0.1, 0.15) is 35.4 Å². The molecule has 1 amide bonds. The summed E-state index contributed by atoms with van der Waals surface area (Å²) in [5, 5.41) is 9.45. The van der Waals surface area contributed by atoms with Gasteiger partial charge >= 0.3 is 0 Å². The summed E-state index contributed by atoms with van der Waals surface area (Å²) in [7, 11) is 1.69. The fraction of sp³-hybridized carbons (Fsp3) is 0.409. The second kappa shape index (κ2) is 7.02. The molecule has 1 fully saturated rings. The van der Waals surface area contributed by atoms with Crippen LogP contribution in [-0.4, -0.2) is 36.1 Å².